The number of anilines is 2. The summed E-state index contributed by atoms with van der Waals surface area (Å²) in [5.41, 5.74) is 2.80. The van der Waals surface area contributed by atoms with Gasteiger partial charge < -0.3 is 14.6 Å². The van der Waals surface area contributed by atoms with Crippen LogP contribution in [-0.4, -0.2) is 55.2 Å². The molecule has 10 nitrogen and oxygen atoms in total. The number of aromatic amines is 1. The fourth-order valence-corrected chi connectivity index (χ4v) is 4.58. The third-order valence-corrected chi connectivity index (χ3v) is 6.41. The molecule has 1 aliphatic heterocycles. The van der Waals surface area contributed by atoms with Crippen molar-refractivity contribution in [1.82, 2.24) is 35.6 Å². The van der Waals surface area contributed by atoms with Crippen molar-refractivity contribution in [3.63, 3.8) is 0 Å². The topological polar surface area (TPSA) is 122 Å². The van der Waals surface area contributed by atoms with Gasteiger partial charge in [0.2, 0.25) is 0 Å². The maximum absolute atomic E-state index is 5.92. The van der Waals surface area contributed by atoms with Gasteiger partial charge in [0.05, 0.1) is 24.3 Å². The van der Waals surface area contributed by atoms with Crippen LogP contribution in [0.25, 0.3) is 11.6 Å². The van der Waals surface area contributed by atoms with Crippen molar-refractivity contribution in [1.29, 1.82) is 0 Å². The first-order valence-electron chi connectivity index (χ1n) is 10.5. The molecule has 11 heteroatoms. The predicted molar refractivity (Wildman–Crippen MR) is 117 cm³/mol. The highest BCUT2D eigenvalue weighted by Crippen LogP contribution is 2.58. The average Bonchev–Trinajstić information content (AvgIpc) is 3.35. The lowest BCUT2D eigenvalue weighted by molar-refractivity contribution is 0.542. The molecule has 0 amide bonds. The number of H-pyrrole nitrogens is 1. The van der Waals surface area contributed by atoms with Gasteiger partial charge in [-0.3, -0.25) is 0 Å². The quantitative estimate of drug-likeness (QED) is 0.438. The lowest BCUT2D eigenvalue weighted by Gasteiger charge is -2.15. The van der Waals surface area contributed by atoms with E-state index in [2.05, 4.69) is 45.8 Å². The third-order valence-electron chi connectivity index (χ3n) is 6.16. The van der Waals surface area contributed by atoms with Crippen molar-refractivity contribution >= 4 is 23.4 Å². The van der Waals surface area contributed by atoms with E-state index in [-0.39, 0.29) is 0 Å². The van der Waals surface area contributed by atoms with Gasteiger partial charge >= 0.3 is 6.01 Å². The molecule has 4 aromatic rings. The lowest BCUT2D eigenvalue weighted by Crippen LogP contribution is -2.23. The Labute approximate surface area is 188 Å². The van der Waals surface area contributed by atoms with E-state index in [1.54, 1.807) is 12.4 Å². The number of nitrogens with one attached hydrogen (secondary N) is 2. The summed E-state index contributed by atoms with van der Waals surface area (Å²) in [6.45, 7) is 2.50. The summed E-state index contributed by atoms with van der Waals surface area (Å²) in [6.07, 6.45) is 5.99. The average molecular weight is 450 g/mol. The molecule has 3 atom stereocenters. The van der Waals surface area contributed by atoms with Crippen LogP contribution in [0.3, 0.4) is 0 Å². The van der Waals surface area contributed by atoms with Crippen LogP contribution in [0.1, 0.15) is 17.2 Å². The van der Waals surface area contributed by atoms with E-state index in [0.29, 0.717) is 41.2 Å². The molecule has 0 spiro atoms. The van der Waals surface area contributed by atoms with Gasteiger partial charge in [-0.15, -0.1) is 5.10 Å². The summed E-state index contributed by atoms with van der Waals surface area (Å²) < 4.78 is 5.87. The van der Waals surface area contributed by atoms with E-state index in [1.807, 2.05) is 30.5 Å². The molecule has 1 aliphatic carbocycles. The molecule has 32 heavy (non-hydrogen) atoms. The zero-order valence-corrected chi connectivity index (χ0v) is 17.8. The van der Waals surface area contributed by atoms with Gasteiger partial charge in [-0.1, -0.05) is 28.8 Å². The molecule has 2 fully saturated rings. The summed E-state index contributed by atoms with van der Waals surface area (Å²) in [5.74, 6) is 2.68. The Hall–Kier alpha value is -3.53. The van der Waals surface area contributed by atoms with Gasteiger partial charge in [0, 0.05) is 30.6 Å². The second-order valence-electron chi connectivity index (χ2n) is 8.13. The summed E-state index contributed by atoms with van der Waals surface area (Å²) >= 11 is 5.92. The van der Waals surface area contributed by atoms with E-state index < -0.39 is 0 Å². The number of hydrogen-bond donors (Lipinski definition) is 2. The highest BCUT2D eigenvalue weighted by atomic mass is 35.5. The standard InChI is InChI=1S/C21H20ClN9O/c22-13-3-1-12(2-4-13)5-6-23-18-9-24-17(7-25-18)20-28-29-21(32-20)31-10-14-15(11-31)19(14)16-8-26-30-27-16/h1-4,7-9,14-15,19H,5-6,10-11H2,(H,23,25)(H,26,27,30)/t14-,15+,19?. The van der Waals surface area contributed by atoms with Crippen molar-refractivity contribution in [3.8, 4) is 11.6 Å². The number of benzene rings is 1. The van der Waals surface area contributed by atoms with Crippen molar-refractivity contribution in [3.05, 3.63) is 59.1 Å². The molecule has 4 heterocycles. The van der Waals surface area contributed by atoms with Gasteiger partial charge in [0.15, 0.2) is 0 Å². The number of fused-ring (bicyclic) bond motifs is 1. The van der Waals surface area contributed by atoms with Crippen LogP contribution in [0.5, 0.6) is 0 Å². The van der Waals surface area contributed by atoms with Crippen LogP contribution < -0.4 is 10.2 Å². The normalized spacial score (nSPS) is 21.5. The van der Waals surface area contributed by atoms with Crippen molar-refractivity contribution < 1.29 is 4.42 Å². The molecular weight excluding hydrogens is 430 g/mol. The maximum atomic E-state index is 5.92. The van der Waals surface area contributed by atoms with Crippen LogP contribution >= 0.6 is 11.6 Å². The van der Waals surface area contributed by atoms with Crippen LogP contribution in [-0.2, 0) is 6.42 Å². The van der Waals surface area contributed by atoms with Crippen LogP contribution in [0.15, 0.2) is 47.3 Å². The van der Waals surface area contributed by atoms with Gasteiger partial charge in [0.1, 0.15) is 11.5 Å². The van der Waals surface area contributed by atoms with Gasteiger partial charge in [-0.05, 0) is 36.0 Å². The Kier molecular flexibility index (Phi) is 4.71. The summed E-state index contributed by atoms with van der Waals surface area (Å²) in [5, 5.41) is 23.2. The zero-order chi connectivity index (χ0) is 21.5. The Bertz CT molecular complexity index is 1180. The minimum atomic E-state index is 0.369. The second kappa shape index (κ2) is 7.86. The highest BCUT2D eigenvalue weighted by Gasteiger charge is 2.58. The number of hydrogen-bond acceptors (Lipinski definition) is 9. The zero-order valence-electron chi connectivity index (χ0n) is 17.0. The first-order valence-corrected chi connectivity index (χ1v) is 10.9. The van der Waals surface area contributed by atoms with E-state index in [9.17, 15) is 0 Å². The first-order chi connectivity index (χ1) is 15.7. The number of halogens is 1. The molecule has 1 unspecified atom stereocenters. The maximum Gasteiger partial charge on any atom is 0.318 e. The van der Waals surface area contributed by atoms with E-state index in [0.717, 1.165) is 36.8 Å². The van der Waals surface area contributed by atoms with Crippen LogP contribution in [0.4, 0.5) is 11.8 Å². The molecule has 1 saturated carbocycles. The summed E-state index contributed by atoms with van der Waals surface area (Å²) in [7, 11) is 0. The van der Waals surface area contributed by atoms with E-state index in [1.165, 1.54) is 5.56 Å². The van der Waals surface area contributed by atoms with Gasteiger partial charge in [-0.2, -0.15) is 15.4 Å². The SMILES string of the molecule is Clc1ccc(CCNc2cnc(-c3nnc(N4C[C@@H]5C(c6cn[nH]n6)[C@@H]5C4)o3)cn2)cc1. The van der Waals surface area contributed by atoms with Crippen LogP contribution in [0, 0.1) is 11.8 Å². The number of aromatic nitrogens is 7. The highest BCUT2D eigenvalue weighted by molar-refractivity contribution is 6.30. The Morgan fingerprint density at radius 2 is 1.91 bits per heavy atom. The van der Waals surface area contributed by atoms with Crippen molar-refractivity contribution in [2.75, 3.05) is 29.9 Å². The summed E-state index contributed by atoms with van der Waals surface area (Å²) in [4.78, 5) is 11.0. The lowest BCUT2D eigenvalue weighted by atomic mass is 10.1. The number of rotatable bonds is 7. The second-order valence-corrected chi connectivity index (χ2v) is 8.57. The third kappa shape index (κ3) is 3.66. The summed E-state index contributed by atoms with van der Waals surface area (Å²) in [6, 6.07) is 8.35. The molecular formula is C21H20ClN9O. The molecule has 3 aromatic heterocycles. The minimum Gasteiger partial charge on any atom is -0.401 e. The number of nitrogens with zero attached hydrogens (tertiary/aromatic N) is 7. The Morgan fingerprint density at radius 3 is 2.62 bits per heavy atom. The van der Waals surface area contributed by atoms with Crippen molar-refractivity contribution in [2.24, 2.45) is 11.8 Å². The van der Waals surface area contributed by atoms with E-state index >= 15 is 0 Å². The predicted octanol–water partition coefficient (Wildman–Crippen LogP) is 2.80. The van der Waals surface area contributed by atoms with Crippen molar-refractivity contribution in [2.45, 2.75) is 12.3 Å². The molecule has 1 saturated heterocycles. The van der Waals surface area contributed by atoms with Crippen LogP contribution in [0.2, 0.25) is 5.02 Å². The largest absolute Gasteiger partial charge is 0.401 e. The van der Waals surface area contributed by atoms with Gasteiger partial charge in [0.25, 0.3) is 5.89 Å². The monoisotopic (exact) mass is 449 g/mol. The number of piperidine rings is 1. The molecule has 0 bridgehead atoms. The first kappa shape index (κ1) is 19.2. The minimum absolute atomic E-state index is 0.369. The van der Waals surface area contributed by atoms with E-state index in [4.69, 9.17) is 16.0 Å². The molecule has 162 valence electrons. The fourth-order valence-electron chi connectivity index (χ4n) is 4.45. The molecule has 2 N–H and O–H groups in total. The molecule has 1 aromatic carbocycles. The fraction of sp³-hybridized carbons (Fsp3) is 0.333. The molecule has 6 rings (SSSR count). The molecule has 2 aliphatic rings. The Morgan fingerprint density at radius 1 is 1.06 bits per heavy atom. The Balaban J connectivity index is 1.03. The van der Waals surface area contributed by atoms with Gasteiger partial charge in [-0.25, -0.2) is 9.97 Å². The smallest absolute Gasteiger partial charge is 0.318 e. The molecule has 0 radical (unpaired) electrons.